The minimum absolute atomic E-state index is 0.0275. The number of benzene rings is 2. The quantitative estimate of drug-likeness (QED) is 0.612. The summed E-state index contributed by atoms with van der Waals surface area (Å²) >= 11 is 0. The van der Waals surface area contributed by atoms with E-state index in [1.54, 1.807) is 6.26 Å². The van der Waals surface area contributed by atoms with Crippen molar-refractivity contribution in [3.63, 3.8) is 0 Å². The van der Waals surface area contributed by atoms with E-state index in [9.17, 15) is 0 Å². The van der Waals surface area contributed by atoms with Crippen molar-refractivity contribution in [3.05, 3.63) is 84.0 Å². The van der Waals surface area contributed by atoms with Crippen molar-refractivity contribution < 1.29 is 4.52 Å². The predicted molar refractivity (Wildman–Crippen MR) is 92.3 cm³/mol. The Morgan fingerprint density at radius 2 is 1.83 bits per heavy atom. The molecule has 0 saturated heterocycles. The zero-order valence-electron chi connectivity index (χ0n) is 13.4. The number of nitrogens with zero attached hydrogens (tertiary/aromatic N) is 3. The number of rotatable bonds is 5. The molecule has 0 aliphatic rings. The van der Waals surface area contributed by atoms with Gasteiger partial charge in [0, 0.05) is 19.7 Å². The smallest absolute Gasteiger partial charge is 0.131 e. The number of hydrogen-bond donors (Lipinski definition) is 1. The van der Waals surface area contributed by atoms with Gasteiger partial charge in [-0.15, -0.1) is 0 Å². The van der Waals surface area contributed by atoms with E-state index in [-0.39, 0.29) is 6.04 Å². The monoisotopic (exact) mass is 318 g/mol. The molecule has 120 valence electrons. The number of nitrogens with one attached hydrogen (secondary N) is 1. The minimum atomic E-state index is -0.0275. The molecule has 0 unspecified atom stereocenters. The molecule has 0 fully saturated rings. The Labute approximate surface area is 139 Å². The van der Waals surface area contributed by atoms with Gasteiger partial charge in [0.05, 0.1) is 22.8 Å². The number of para-hydroxylation sites is 2. The van der Waals surface area contributed by atoms with Crippen molar-refractivity contribution >= 4 is 11.0 Å². The molecule has 5 nitrogen and oxygen atoms in total. The lowest BCUT2D eigenvalue weighted by molar-refractivity contribution is 0.406. The topological polar surface area (TPSA) is 55.9 Å². The summed E-state index contributed by atoms with van der Waals surface area (Å²) in [6, 6.07) is 20.3. The molecular formula is C19H18N4O. The van der Waals surface area contributed by atoms with Crippen molar-refractivity contribution in [2.24, 2.45) is 7.05 Å². The highest BCUT2D eigenvalue weighted by Crippen LogP contribution is 2.25. The third-order valence-corrected chi connectivity index (χ3v) is 4.19. The summed E-state index contributed by atoms with van der Waals surface area (Å²) in [7, 11) is 2.05. The molecule has 2 aromatic carbocycles. The fraction of sp³-hybridized carbons (Fsp3) is 0.158. The lowest BCUT2D eigenvalue weighted by atomic mass is 10.1. The minimum Gasteiger partial charge on any atom is -0.364 e. The molecule has 4 rings (SSSR count). The molecule has 0 amide bonds. The van der Waals surface area contributed by atoms with Gasteiger partial charge in [-0.05, 0) is 17.7 Å². The summed E-state index contributed by atoms with van der Waals surface area (Å²) < 4.78 is 7.06. The van der Waals surface area contributed by atoms with Crippen LogP contribution in [0.4, 0.5) is 0 Å². The maximum Gasteiger partial charge on any atom is 0.131 e. The number of aromatic nitrogens is 3. The van der Waals surface area contributed by atoms with Gasteiger partial charge < -0.3 is 9.09 Å². The number of hydrogen-bond acceptors (Lipinski definition) is 4. The molecule has 24 heavy (non-hydrogen) atoms. The molecule has 1 N–H and O–H groups in total. The summed E-state index contributed by atoms with van der Waals surface area (Å²) in [4.78, 5) is 4.85. The third-order valence-electron chi connectivity index (χ3n) is 4.19. The van der Waals surface area contributed by atoms with Gasteiger partial charge in [-0.1, -0.05) is 47.6 Å². The largest absolute Gasteiger partial charge is 0.364 e. The van der Waals surface area contributed by atoms with E-state index < -0.39 is 0 Å². The summed E-state index contributed by atoms with van der Waals surface area (Å²) in [6.45, 7) is 0.610. The van der Waals surface area contributed by atoms with Crippen molar-refractivity contribution in [3.8, 4) is 0 Å². The van der Waals surface area contributed by atoms with E-state index in [0.29, 0.717) is 6.54 Å². The Kier molecular flexibility index (Phi) is 3.84. The Morgan fingerprint density at radius 3 is 2.58 bits per heavy atom. The first-order chi connectivity index (χ1) is 11.8. The van der Waals surface area contributed by atoms with Crippen molar-refractivity contribution in [1.82, 2.24) is 20.0 Å². The van der Waals surface area contributed by atoms with Gasteiger partial charge in [-0.3, -0.25) is 5.32 Å². The zero-order chi connectivity index (χ0) is 16.4. The third kappa shape index (κ3) is 2.70. The van der Waals surface area contributed by atoms with Gasteiger partial charge in [-0.2, -0.15) is 0 Å². The first kappa shape index (κ1) is 14.7. The van der Waals surface area contributed by atoms with Crippen LogP contribution in [-0.2, 0) is 13.6 Å². The van der Waals surface area contributed by atoms with E-state index in [2.05, 4.69) is 40.3 Å². The molecule has 0 radical (unpaired) electrons. The van der Waals surface area contributed by atoms with Crippen LogP contribution in [-0.4, -0.2) is 14.7 Å². The molecule has 0 spiro atoms. The van der Waals surface area contributed by atoms with Crippen molar-refractivity contribution in [2.75, 3.05) is 0 Å². The average molecular weight is 318 g/mol. The van der Waals surface area contributed by atoms with E-state index >= 15 is 0 Å². The van der Waals surface area contributed by atoms with Crippen LogP contribution in [0.1, 0.15) is 23.1 Å². The molecule has 5 heteroatoms. The normalized spacial score (nSPS) is 12.5. The van der Waals surface area contributed by atoms with Crippen LogP contribution in [0.2, 0.25) is 0 Å². The number of fused-ring (bicyclic) bond motifs is 1. The Balaban J connectivity index is 1.74. The Hall–Kier alpha value is -2.92. The van der Waals surface area contributed by atoms with Crippen LogP contribution in [0, 0.1) is 0 Å². The van der Waals surface area contributed by atoms with Crippen LogP contribution >= 0.6 is 0 Å². The molecule has 2 aromatic heterocycles. The second kappa shape index (κ2) is 6.29. The molecule has 0 saturated carbocycles. The van der Waals surface area contributed by atoms with Crippen LogP contribution < -0.4 is 5.32 Å². The Bertz CT molecular complexity index is 929. The highest BCUT2D eigenvalue weighted by molar-refractivity contribution is 5.76. The zero-order valence-corrected chi connectivity index (χ0v) is 13.4. The molecule has 0 aliphatic carbocycles. The number of aryl methyl sites for hydroxylation is 1. The van der Waals surface area contributed by atoms with Gasteiger partial charge in [0.2, 0.25) is 0 Å². The Morgan fingerprint density at radius 1 is 1.04 bits per heavy atom. The van der Waals surface area contributed by atoms with E-state index in [1.807, 2.05) is 42.5 Å². The van der Waals surface area contributed by atoms with E-state index in [1.165, 1.54) is 5.56 Å². The molecule has 2 heterocycles. The molecule has 0 bridgehead atoms. The SMILES string of the molecule is Cn1c([C@@H](NCc2ccon2)c2ccccc2)nc2ccccc21. The van der Waals surface area contributed by atoms with Gasteiger partial charge >= 0.3 is 0 Å². The lowest BCUT2D eigenvalue weighted by Gasteiger charge is -2.18. The molecule has 0 aliphatic heterocycles. The summed E-state index contributed by atoms with van der Waals surface area (Å²) in [5.41, 5.74) is 4.16. The van der Waals surface area contributed by atoms with Crippen LogP contribution in [0.15, 0.2) is 71.4 Å². The van der Waals surface area contributed by atoms with Gasteiger partial charge in [0.1, 0.15) is 12.1 Å². The molecular weight excluding hydrogens is 300 g/mol. The van der Waals surface area contributed by atoms with E-state index in [0.717, 1.165) is 22.6 Å². The first-order valence-electron chi connectivity index (χ1n) is 7.92. The molecule has 4 aromatic rings. The van der Waals surface area contributed by atoms with Crippen LogP contribution in [0.5, 0.6) is 0 Å². The standard InChI is InChI=1S/C19H18N4O/c1-23-17-10-6-5-9-16(17)21-19(23)18(14-7-3-2-4-8-14)20-13-15-11-12-24-22-15/h2-12,18,20H,13H2,1H3/t18-/m0/s1. The summed E-state index contributed by atoms with van der Waals surface area (Å²) in [6.07, 6.45) is 1.59. The van der Waals surface area contributed by atoms with Gasteiger partial charge in [-0.25, -0.2) is 4.98 Å². The summed E-state index contributed by atoms with van der Waals surface area (Å²) in [5.74, 6) is 0.978. The van der Waals surface area contributed by atoms with E-state index in [4.69, 9.17) is 9.51 Å². The highest BCUT2D eigenvalue weighted by Gasteiger charge is 2.20. The second-order valence-electron chi connectivity index (χ2n) is 5.73. The van der Waals surface area contributed by atoms with Gasteiger partial charge in [0.25, 0.3) is 0 Å². The van der Waals surface area contributed by atoms with Crippen LogP contribution in [0.25, 0.3) is 11.0 Å². The fourth-order valence-electron chi connectivity index (χ4n) is 2.96. The predicted octanol–water partition coefficient (Wildman–Crippen LogP) is 3.44. The fourth-order valence-corrected chi connectivity index (χ4v) is 2.96. The maximum absolute atomic E-state index is 4.92. The maximum atomic E-state index is 4.92. The lowest BCUT2D eigenvalue weighted by Crippen LogP contribution is -2.25. The summed E-state index contributed by atoms with van der Waals surface area (Å²) in [5, 5.41) is 7.53. The first-order valence-corrected chi connectivity index (χ1v) is 7.92. The average Bonchev–Trinajstić information content (AvgIpc) is 3.25. The highest BCUT2D eigenvalue weighted by atomic mass is 16.5. The van der Waals surface area contributed by atoms with Crippen LogP contribution in [0.3, 0.4) is 0 Å². The number of imidazole rings is 1. The molecule has 1 atom stereocenters. The van der Waals surface area contributed by atoms with Crippen molar-refractivity contribution in [2.45, 2.75) is 12.6 Å². The van der Waals surface area contributed by atoms with Crippen molar-refractivity contribution in [1.29, 1.82) is 0 Å². The van der Waals surface area contributed by atoms with Gasteiger partial charge in [0.15, 0.2) is 0 Å². The second-order valence-corrected chi connectivity index (χ2v) is 5.73.